The molecule has 36 heavy (non-hydrogen) atoms. The zero-order valence-corrected chi connectivity index (χ0v) is 21.3. The second kappa shape index (κ2) is 9.75. The van der Waals surface area contributed by atoms with Crippen molar-refractivity contribution in [3.8, 4) is 0 Å². The van der Waals surface area contributed by atoms with E-state index >= 15 is 0 Å². The molecule has 9 nitrogen and oxygen atoms in total. The number of fused-ring (bicyclic) bond motifs is 1. The maximum absolute atomic E-state index is 13.2. The van der Waals surface area contributed by atoms with E-state index in [1.807, 2.05) is 46.9 Å². The van der Waals surface area contributed by atoms with Gasteiger partial charge in [-0.1, -0.05) is 18.2 Å². The van der Waals surface area contributed by atoms with Gasteiger partial charge in [0.05, 0.1) is 4.90 Å². The molecule has 0 bridgehead atoms. The Morgan fingerprint density at radius 1 is 1.19 bits per heavy atom. The smallest absolute Gasteiger partial charge is 0.263 e. The van der Waals surface area contributed by atoms with Gasteiger partial charge in [0.25, 0.3) is 10.0 Å². The zero-order valence-electron chi connectivity index (χ0n) is 19.7. The normalized spacial score (nSPS) is 16.3. The summed E-state index contributed by atoms with van der Waals surface area (Å²) in [6, 6.07) is 14.6. The molecule has 2 aromatic heterocycles. The first kappa shape index (κ1) is 24.0. The van der Waals surface area contributed by atoms with Gasteiger partial charge in [0.15, 0.2) is 5.13 Å². The van der Waals surface area contributed by atoms with Gasteiger partial charge in [-0.05, 0) is 37.3 Å². The lowest BCUT2D eigenvalue weighted by Crippen LogP contribution is -2.54. The fraction of sp³-hybridized carbons (Fsp3) is 0.240. The third-order valence-electron chi connectivity index (χ3n) is 6.39. The molecule has 0 aliphatic carbocycles. The first-order chi connectivity index (χ1) is 17.4. The van der Waals surface area contributed by atoms with Crippen molar-refractivity contribution in [1.29, 1.82) is 5.41 Å². The van der Waals surface area contributed by atoms with E-state index in [9.17, 15) is 13.2 Å². The van der Waals surface area contributed by atoms with Crippen LogP contribution in [0.4, 0.5) is 10.8 Å². The highest BCUT2D eigenvalue weighted by atomic mass is 32.2. The number of thiazole rings is 1. The van der Waals surface area contributed by atoms with E-state index in [0.29, 0.717) is 24.8 Å². The van der Waals surface area contributed by atoms with Crippen LogP contribution in [-0.4, -0.2) is 60.7 Å². The fourth-order valence-electron chi connectivity index (χ4n) is 4.60. The average Bonchev–Trinajstić information content (AvgIpc) is 3.51. The van der Waals surface area contributed by atoms with E-state index in [2.05, 4.69) is 14.6 Å². The van der Waals surface area contributed by atoms with Crippen molar-refractivity contribution in [2.45, 2.75) is 24.4 Å². The summed E-state index contributed by atoms with van der Waals surface area (Å²) >= 11 is 1.22. The summed E-state index contributed by atoms with van der Waals surface area (Å²) in [5.74, 6) is 0.0362. The first-order valence-corrected chi connectivity index (χ1v) is 13.9. The van der Waals surface area contributed by atoms with Crippen LogP contribution in [0.2, 0.25) is 0 Å². The fourth-order valence-corrected chi connectivity index (χ4v) is 6.39. The molecule has 1 atom stereocenters. The number of sulfonamides is 1. The van der Waals surface area contributed by atoms with E-state index < -0.39 is 10.0 Å². The van der Waals surface area contributed by atoms with Crippen molar-refractivity contribution in [2.24, 2.45) is 0 Å². The molecule has 0 radical (unpaired) electrons. The van der Waals surface area contributed by atoms with Crippen molar-refractivity contribution in [1.82, 2.24) is 14.5 Å². The molecule has 0 spiro atoms. The van der Waals surface area contributed by atoms with Crippen LogP contribution in [0.3, 0.4) is 0 Å². The summed E-state index contributed by atoms with van der Waals surface area (Å²) in [6.45, 7) is 4.11. The van der Waals surface area contributed by atoms with Crippen LogP contribution in [0.5, 0.6) is 0 Å². The average molecular weight is 523 g/mol. The van der Waals surface area contributed by atoms with Gasteiger partial charge in [-0.2, -0.15) is 0 Å². The summed E-state index contributed by atoms with van der Waals surface area (Å²) in [6.07, 6.45) is 4.72. The number of hydrogen-bond acceptors (Lipinski definition) is 7. The van der Waals surface area contributed by atoms with Crippen molar-refractivity contribution in [3.05, 3.63) is 71.9 Å². The Hall–Kier alpha value is -3.70. The largest absolute Gasteiger partial charge is 0.368 e. The van der Waals surface area contributed by atoms with Crippen LogP contribution >= 0.6 is 11.3 Å². The number of nitrogens with one attached hydrogen (secondary N) is 2. The second-order valence-electron chi connectivity index (χ2n) is 8.69. The van der Waals surface area contributed by atoms with Crippen molar-refractivity contribution in [2.75, 3.05) is 29.3 Å². The summed E-state index contributed by atoms with van der Waals surface area (Å²) < 4.78 is 29.6. The summed E-state index contributed by atoms with van der Waals surface area (Å²) in [4.78, 5) is 21.4. The monoisotopic (exact) mass is 522 g/mol. The standard InChI is InChI=1S/C25H26N6O3S2/c1-18-15-29(20-6-8-21(9-7-20)36(33,34)28-25-27-10-13-35-25)11-12-31(18)24(32)17-30-16-19(14-26)22-4-2-3-5-23(22)30/h2-10,13-14,16,18,26H,11-12,15,17H2,1H3,(H,27,28). The molecule has 1 amide bonds. The Balaban J connectivity index is 1.24. The molecule has 1 unspecified atom stereocenters. The molecule has 1 aliphatic heterocycles. The quantitative estimate of drug-likeness (QED) is 0.360. The van der Waals surface area contributed by atoms with Crippen molar-refractivity contribution < 1.29 is 13.2 Å². The number of benzene rings is 2. The third-order valence-corrected chi connectivity index (χ3v) is 8.57. The van der Waals surface area contributed by atoms with Gasteiger partial charge >= 0.3 is 0 Å². The van der Waals surface area contributed by atoms with Crippen LogP contribution in [0.15, 0.2) is 71.2 Å². The molecular weight excluding hydrogens is 496 g/mol. The van der Waals surface area contributed by atoms with E-state index in [0.717, 1.165) is 22.2 Å². The number of hydrogen-bond donors (Lipinski definition) is 2. The molecule has 2 N–H and O–H groups in total. The van der Waals surface area contributed by atoms with Crippen molar-refractivity contribution in [3.63, 3.8) is 0 Å². The van der Waals surface area contributed by atoms with E-state index in [4.69, 9.17) is 5.41 Å². The lowest BCUT2D eigenvalue weighted by atomic mass is 10.1. The number of nitrogens with zero attached hydrogens (tertiary/aromatic N) is 4. The van der Waals surface area contributed by atoms with E-state index in [1.54, 1.807) is 35.8 Å². The third kappa shape index (κ3) is 4.71. The minimum atomic E-state index is -3.70. The Labute approximate surface area is 213 Å². The number of para-hydroxylation sites is 1. The van der Waals surface area contributed by atoms with Gasteiger partial charge < -0.3 is 19.8 Å². The zero-order chi connectivity index (χ0) is 25.3. The topological polar surface area (TPSA) is 111 Å². The van der Waals surface area contributed by atoms with Crippen LogP contribution in [0.25, 0.3) is 10.9 Å². The second-order valence-corrected chi connectivity index (χ2v) is 11.3. The number of aromatic nitrogens is 2. The summed E-state index contributed by atoms with van der Waals surface area (Å²) in [5, 5.41) is 10.7. The predicted octanol–water partition coefficient (Wildman–Crippen LogP) is 3.63. The van der Waals surface area contributed by atoms with Gasteiger partial charge in [-0.15, -0.1) is 11.3 Å². The molecule has 3 heterocycles. The Kier molecular flexibility index (Phi) is 6.50. The number of carbonyl (C=O) groups excluding carboxylic acids is 1. The number of rotatable bonds is 7. The van der Waals surface area contributed by atoms with Gasteiger partial charge in [0.1, 0.15) is 6.54 Å². The van der Waals surface area contributed by atoms with Gasteiger partial charge in [0.2, 0.25) is 5.91 Å². The molecular formula is C25H26N6O3S2. The van der Waals surface area contributed by atoms with Crippen LogP contribution in [0, 0.1) is 5.41 Å². The molecule has 0 saturated carbocycles. The highest BCUT2D eigenvalue weighted by molar-refractivity contribution is 7.93. The molecule has 1 aliphatic rings. The lowest BCUT2D eigenvalue weighted by Gasteiger charge is -2.41. The SMILES string of the molecule is CC1CN(c2ccc(S(=O)(=O)Nc3nccs3)cc2)CCN1C(=O)Cn1cc(C=N)c2ccccc21. The van der Waals surface area contributed by atoms with Crippen molar-refractivity contribution >= 4 is 55.2 Å². The lowest BCUT2D eigenvalue weighted by molar-refractivity contribution is -0.134. The number of anilines is 2. The Bertz CT molecular complexity index is 1500. The maximum Gasteiger partial charge on any atom is 0.263 e. The minimum absolute atomic E-state index is 0.00902. The summed E-state index contributed by atoms with van der Waals surface area (Å²) in [5.41, 5.74) is 2.65. The Morgan fingerprint density at radius 3 is 2.67 bits per heavy atom. The highest BCUT2D eigenvalue weighted by Crippen LogP contribution is 2.24. The molecule has 5 rings (SSSR count). The predicted molar refractivity (Wildman–Crippen MR) is 143 cm³/mol. The molecule has 2 aromatic carbocycles. The van der Waals surface area contributed by atoms with E-state index in [-0.39, 0.29) is 23.4 Å². The van der Waals surface area contributed by atoms with Crippen LogP contribution in [-0.2, 0) is 21.4 Å². The molecule has 4 aromatic rings. The maximum atomic E-state index is 13.2. The number of amides is 1. The van der Waals surface area contributed by atoms with Gasteiger partial charge in [-0.25, -0.2) is 13.4 Å². The summed E-state index contributed by atoms with van der Waals surface area (Å²) in [7, 11) is -3.70. The Morgan fingerprint density at radius 2 is 1.97 bits per heavy atom. The van der Waals surface area contributed by atoms with Crippen LogP contribution < -0.4 is 9.62 Å². The number of piperazine rings is 1. The molecule has 11 heteroatoms. The first-order valence-electron chi connectivity index (χ1n) is 11.5. The van der Waals surface area contributed by atoms with Gasteiger partial charge in [-0.3, -0.25) is 9.52 Å². The number of carbonyl (C=O) groups is 1. The van der Waals surface area contributed by atoms with E-state index in [1.165, 1.54) is 17.6 Å². The van der Waals surface area contributed by atoms with Crippen LogP contribution in [0.1, 0.15) is 12.5 Å². The molecule has 1 saturated heterocycles. The minimum Gasteiger partial charge on any atom is -0.368 e. The van der Waals surface area contributed by atoms with Gasteiger partial charge in [0, 0.05) is 71.8 Å². The molecule has 1 fully saturated rings. The molecule has 186 valence electrons. The highest BCUT2D eigenvalue weighted by Gasteiger charge is 2.28.